The molecule has 1 fully saturated rings. The molecule has 0 aliphatic heterocycles. The van der Waals surface area contributed by atoms with Crippen molar-refractivity contribution in [1.82, 2.24) is 5.32 Å². The first kappa shape index (κ1) is 15.1. The normalized spacial score (nSPS) is 17.8. The Labute approximate surface area is 123 Å². The fourth-order valence-corrected chi connectivity index (χ4v) is 3.62. The van der Waals surface area contributed by atoms with Gasteiger partial charge in [0.05, 0.1) is 0 Å². The summed E-state index contributed by atoms with van der Waals surface area (Å²) >= 11 is 0. The Bertz CT molecular complexity index is 440. The van der Waals surface area contributed by atoms with Gasteiger partial charge in [-0.1, -0.05) is 48.6 Å². The van der Waals surface area contributed by atoms with E-state index >= 15 is 0 Å². The lowest BCUT2D eigenvalue weighted by molar-refractivity contribution is -0.121. The van der Waals surface area contributed by atoms with Crippen LogP contribution < -0.4 is 5.32 Å². The van der Waals surface area contributed by atoms with E-state index < -0.39 is 0 Å². The second-order valence-electron chi connectivity index (χ2n) is 6.30. The quantitative estimate of drug-likeness (QED) is 0.879. The molecule has 1 N–H and O–H groups in total. The third-order valence-electron chi connectivity index (χ3n) is 4.58. The lowest BCUT2D eigenvalue weighted by atomic mass is 9.74. The van der Waals surface area contributed by atoms with Crippen molar-refractivity contribution in [2.75, 3.05) is 7.05 Å². The second-order valence-corrected chi connectivity index (χ2v) is 6.30. The number of carbonyl (C=O) groups excluding carboxylic acids is 1. The molecular weight excluding hydrogens is 246 g/mol. The van der Waals surface area contributed by atoms with E-state index in [0.29, 0.717) is 18.3 Å². The molecule has 1 unspecified atom stereocenters. The first-order valence-corrected chi connectivity index (χ1v) is 7.89. The van der Waals surface area contributed by atoms with E-state index in [1.807, 2.05) is 0 Å². The van der Waals surface area contributed by atoms with Crippen LogP contribution in [0.1, 0.15) is 61.1 Å². The zero-order valence-electron chi connectivity index (χ0n) is 13.0. The van der Waals surface area contributed by atoms with Gasteiger partial charge < -0.3 is 5.32 Å². The lowest BCUT2D eigenvalue weighted by Crippen LogP contribution is -2.25. The topological polar surface area (TPSA) is 29.1 Å². The molecule has 1 amide bonds. The third kappa shape index (κ3) is 3.84. The fourth-order valence-electron chi connectivity index (χ4n) is 3.62. The van der Waals surface area contributed by atoms with Gasteiger partial charge in [0.25, 0.3) is 0 Å². The Hall–Kier alpha value is -1.31. The molecule has 2 rings (SSSR count). The maximum Gasteiger partial charge on any atom is 0.220 e. The van der Waals surface area contributed by atoms with Crippen molar-refractivity contribution in [3.8, 4) is 0 Å². The largest absolute Gasteiger partial charge is 0.359 e. The van der Waals surface area contributed by atoms with Crippen LogP contribution in [0.3, 0.4) is 0 Å². The predicted molar refractivity (Wildman–Crippen MR) is 83.9 cm³/mol. The summed E-state index contributed by atoms with van der Waals surface area (Å²) in [7, 11) is 1.74. The Morgan fingerprint density at radius 2 is 1.75 bits per heavy atom. The SMILES string of the molecule is CNC(=O)CC(c1cc(C)cc(C)c1)C1CCCCC1. The number of hydrogen-bond acceptors (Lipinski definition) is 1. The van der Waals surface area contributed by atoms with Gasteiger partial charge in [0, 0.05) is 13.5 Å². The van der Waals surface area contributed by atoms with Crippen LogP contribution in [-0.2, 0) is 4.79 Å². The van der Waals surface area contributed by atoms with Gasteiger partial charge in [0.15, 0.2) is 0 Å². The summed E-state index contributed by atoms with van der Waals surface area (Å²) in [6, 6.07) is 6.76. The van der Waals surface area contributed by atoms with Crippen molar-refractivity contribution in [1.29, 1.82) is 0 Å². The number of rotatable bonds is 4. The Kier molecular flexibility index (Phi) is 5.22. The molecule has 0 aromatic heterocycles. The summed E-state index contributed by atoms with van der Waals surface area (Å²) < 4.78 is 0. The van der Waals surface area contributed by atoms with E-state index in [1.165, 1.54) is 48.8 Å². The van der Waals surface area contributed by atoms with Gasteiger partial charge in [-0.15, -0.1) is 0 Å². The van der Waals surface area contributed by atoms with E-state index in [1.54, 1.807) is 7.05 Å². The zero-order chi connectivity index (χ0) is 14.5. The van der Waals surface area contributed by atoms with Crippen LogP contribution in [0.25, 0.3) is 0 Å². The highest BCUT2D eigenvalue weighted by molar-refractivity contribution is 5.76. The molecule has 1 atom stereocenters. The van der Waals surface area contributed by atoms with Gasteiger partial charge in [-0.3, -0.25) is 4.79 Å². The molecule has 2 nitrogen and oxygen atoms in total. The van der Waals surface area contributed by atoms with Crippen LogP contribution in [-0.4, -0.2) is 13.0 Å². The standard InChI is InChI=1S/C18H27NO/c1-13-9-14(2)11-16(10-13)17(12-18(20)19-3)15-7-5-4-6-8-15/h9-11,15,17H,4-8,12H2,1-3H3,(H,19,20). The maximum absolute atomic E-state index is 11.9. The molecule has 1 saturated carbocycles. The van der Waals surface area contributed by atoms with E-state index in [9.17, 15) is 4.79 Å². The van der Waals surface area contributed by atoms with Crippen LogP contribution in [0.4, 0.5) is 0 Å². The number of aryl methyl sites for hydroxylation is 2. The maximum atomic E-state index is 11.9. The summed E-state index contributed by atoms with van der Waals surface area (Å²) in [6.07, 6.45) is 7.17. The Morgan fingerprint density at radius 1 is 1.15 bits per heavy atom. The summed E-state index contributed by atoms with van der Waals surface area (Å²) in [5.41, 5.74) is 3.97. The van der Waals surface area contributed by atoms with Crippen LogP contribution in [0.2, 0.25) is 0 Å². The minimum atomic E-state index is 0.166. The van der Waals surface area contributed by atoms with Crippen LogP contribution in [0, 0.1) is 19.8 Å². The molecule has 0 radical (unpaired) electrons. The Balaban J connectivity index is 2.26. The van der Waals surface area contributed by atoms with Crippen LogP contribution >= 0.6 is 0 Å². The van der Waals surface area contributed by atoms with Crippen LogP contribution in [0.5, 0.6) is 0 Å². The number of hydrogen-bond donors (Lipinski definition) is 1. The summed E-state index contributed by atoms with van der Waals surface area (Å²) in [5.74, 6) is 1.22. The fraction of sp³-hybridized carbons (Fsp3) is 0.611. The third-order valence-corrected chi connectivity index (χ3v) is 4.58. The number of nitrogens with one attached hydrogen (secondary N) is 1. The average Bonchev–Trinajstić information content (AvgIpc) is 2.44. The molecule has 2 heteroatoms. The van der Waals surface area contributed by atoms with Crippen molar-refractivity contribution in [3.05, 3.63) is 34.9 Å². The molecular formula is C18H27NO. The van der Waals surface area contributed by atoms with Crippen molar-refractivity contribution < 1.29 is 4.79 Å². The zero-order valence-corrected chi connectivity index (χ0v) is 13.0. The smallest absolute Gasteiger partial charge is 0.220 e. The number of benzene rings is 1. The summed E-state index contributed by atoms with van der Waals surface area (Å²) in [4.78, 5) is 11.9. The molecule has 0 spiro atoms. The van der Waals surface area contributed by atoms with E-state index in [4.69, 9.17) is 0 Å². The van der Waals surface area contributed by atoms with Gasteiger partial charge in [0.1, 0.15) is 0 Å². The molecule has 1 aliphatic carbocycles. The summed E-state index contributed by atoms with van der Waals surface area (Å²) in [5, 5.41) is 2.79. The molecule has 0 heterocycles. The monoisotopic (exact) mass is 273 g/mol. The van der Waals surface area contributed by atoms with Crippen LogP contribution in [0.15, 0.2) is 18.2 Å². The minimum Gasteiger partial charge on any atom is -0.359 e. The number of amides is 1. The predicted octanol–water partition coefficient (Wildman–Crippen LogP) is 4.10. The van der Waals surface area contributed by atoms with E-state index in [-0.39, 0.29) is 5.91 Å². The van der Waals surface area contributed by atoms with Gasteiger partial charge in [-0.05, 0) is 44.1 Å². The lowest BCUT2D eigenvalue weighted by Gasteiger charge is -2.30. The molecule has 110 valence electrons. The summed E-state index contributed by atoms with van der Waals surface area (Å²) in [6.45, 7) is 4.29. The molecule has 20 heavy (non-hydrogen) atoms. The van der Waals surface area contributed by atoms with E-state index in [0.717, 1.165) is 0 Å². The Morgan fingerprint density at radius 3 is 2.30 bits per heavy atom. The van der Waals surface area contributed by atoms with Gasteiger partial charge in [-0.25, -0.2) is 0 Å². The highest BCUT2D eigenvalue weighted by atomic mass is 16.1. The van der Waals surface area contributed by atoms with Gasteiger partial charge >= 0.3 is 0 Å². The highest BCUT2D eigenvalue weighted by Gasteiger charge is 2.27. The number of carbonyl (C=O) groups is 1. The molecule has 0 saturated heterocycles. The van der Waals surface area contributed by atoms with E-state index in [2.05, 4.69) is 37.4 Å². The highest BCUT2D eigenvalue weighted by Crippen LogP contribution is 2.38. The van der Waals surface area contributed by atoms with Crippen molar-refractivity contribution in [2.45, 2.75) is 58.3 Å². The molecule has 1 aliphatic rings. The van der Waals surface area contributed by atoms with Crippen molar-refractivity contribution in [3.63, 3.8) is 0 Å². The minimum absolute atomic E-state index is 0.166. The first-order valence-electron chi connectivity index (χ1n) is 7.89. The second kappa shape index (κ2) is 6.92. The van der Waals surface area contributed by atoms with Gasteiger partial charge in [0.2, 0.25) is 5.91 Å². The molecule has 0 bridgehead atoms. The molecule has 1 aromatic rings. The van der Waals surface area contributed by atoms with Crippen molar-refractivity contribution >= 4 is 5.91 Å². The van der Waals surface area contributed by atoms with Crippen molar-refractivity contribution in [2.24, 2.45) is 5.92 Å². The van der Waals surface area contributed by atoms with Gasteiger partial charge in [-0.2, -0.15) is 0 Å². The molecule has 1 aromatic carbocycles. The first-order chi connectivity index (χ1) is 9.60. The average molecular weight is 273 g/mol.